The molecule has 0 aromatic heterocycles. The van der Waals surface area contributed by atoms with Gasteiger partial charge in [-0.2, -0.15) is 0 Å². The molecule has 0 aliphatic carbocycles. The van der Waals surface area contributed by atoms with Gasteiger partial charge in [-0.3, -0.25) is 10.8 Å². The predicted octanol–water partition coefficient (Wildman–Crippen LogP) is -1.20. The summed E-state index contributed by atoms with van der Waals surface area (Å²) in [5.41, 5.74) is 9.95. The molecule has 7 N–H and O–H groups in total. The molecule has 0 saturated heterocycles. The van der Waals surface area contributed by atoms with Crippen molar-refractivity contribution in [3.63, 3.8) is 0 Å². The Balaban J connectivity index is 3.10. The second-order valence-corrected chi connectivity index (χ2v) is 1.62. The largest absolute Gasteiger partial charge is 0.388 e. The highest BCUT2D eigenvalue weighted by molar-refractivity contribution is 5.78. The molecule has 0 fully saturated rings. The fourth-order valence-corrected chi connectivity index (χ4v) is 0.332. The Hall–Kier alpha value is -1.26. The highest BCUT2D eigenvalue weighted by Gasteiger charge is 1.88. The number of nitrogens with one attached hydrogen (secondary N) is 3. The molecule has 0 unspecified atom stereocenters. The van der Waals surface area contributed by atoms with Crippen LogP contribution in [0.5, 0.6) is 0 Å². The van der Waals surface area contributed by atoms with Crippen LogP contribution in [-0.2, 0) is 0 Å². The van der Waals surface area contributed by atoms with Crippen LogP contribution in [0.2, 0.25) is 0 Å². The summed E-state index contributed by atoms with van der Waals surface area (Å²) >= 11 is 0. The molecule has 0 aromatic carbocycles. The molecule has 0 saturated carbocycles. The second-order valence-electron chi connectivity index (χ2n) is 1.62. The molecule has 9 heavy (non-hydrogen) atoms. The van der Waals surface area contributed by atoms with E-state index in [1.807, 2.05) is 0 Å². The second kappa shape index (κ2) is 3.71. The molecular weight excluding hydrogens is 118 g/mol. The first-order valence-electron chi connectivity index (χ1n) is 2.53. The zero-order valence-electron chi connectivity index (χ0n) is 5.07. The number of nitrogens with two attached hydrogens (primary N) is 2. The van der Waals surface area contributed by atoms with Crippen LogP contribution in [0.3, 0.4) is 0 Å². The van der Waals surface area contributed by atoms with E-state index >= 15 is 0 Å². The monoisotopic (exact) mass is 129 g/mol. The Labute approximate surface area is 53.4 Å². The molecule has 0 amide bonds. The van der Waals surface area contributed by atoms with Crippen LogP contribution in [0.15, 0.2) is 0 Å². The number of guanidine groups is 1. The van der Waals surface area contributed by atoms with E-state index in [9.17, 15) is 0 Å². The van der Waals surface area contributed by atoms with Crippen LogP contribution in [0.4, 0.5) is 0 Å². The average molecular weight is 129 g/mol. The molecule has 0 aliphatic heterocycles. The number of rotatable bonds is 3. The standard InChI is InChI=1S/C4H11N5/c5-3(6)1-2-9-4(7)8/h1-2H2,(H3,5,6)(H4,7,8,9). The van der Waals surface area contributed by atoms with Gasteiger partial charge in [0, 0.05) is 13.0 Å². The molecule has 5 nitrogen and oxygen atoms in total. The molecule has 0 rings (SSSR count). The van der Waals surface area contributed by atoms with E-state index in [2.05, 4.69) is 5.32 Å². The smallest absolute Gasteiger partial charge is 0.185 e. The zero-order valence-corrected chi connectivity index (χ0v) is 5.07. The number of amidine groups is 1. The first-order valence-corrected chi connectivity index (χ1v) is 2.53. The summed E-state index contributed by atoms with van der Waals surface area (Å²) in [5.74, 6) is 0.0139. The molecule has 52 valence electrons. The van der Waals surface area contributed by atoms with Crippen LogP contribution in [-0.4, -0.2) is 18.3 Å². The van der Waals surface area contributed by atoms with E-state index in [0.29, 0.717) is 13.0 Å². The van der Waals surface area contributed by atoms with Gasteiger partial charge in [-0.15, -0.1) is 0 Å². The van der Waals surface area contributed by atoms with Crippen molar-refractivity contribution in [2.45, 2.75) is 6.42 Å². The van der Waals surface area contributed by atoms with Gasteiger partial charge in [0.15, 0.2) is 5.96 Å². The fourth-order valence-electron chi connectivity index (χ4n) is 0.332. The van der Waals surface area contributed by atoms with Crippen molar-refractivity contribution >= 4 is 11.8 Å². The van der Waals surface area contributed by atoms with Gasteiger partial charge in [-0.25, -0.2) is 0 Å². The van der Waals surface area contributed by atoms with Crippen LogP contribution in [0.25, 0.3) is 0 Å². The van der Waals surface area contributed by atoms with Gasteiger partial charge in [0.1, 0.15) is 0 Å². The predicted molar refractivity (Wildman–Crippen MR) is 36.4 cm³/mol. The summed E-state index contributed by atoms with van der Waals surface area (Å²) in [6.07, 6.45) is 0.430. The third kappa shape index (κ3) is 6.74. The van der Waals surface area contributed by atoms with Crippen LogP contribution < -0.4 is 16.8 Å². The topological polar surface area (TPSA) is 112 Å². The van der Waals surface area contributed by atoms with Gasteiger partial charge >= 0.3 is 0 Å². The Morgan fingerprint density at radius 3 is 2.22 bits per heavy atom. The van der Waals surface area contributed by atoms with Crippen molar-refractivity contribution < 1.29 is 0 Å². The summed E-state index contributed by atoms with van der Waals surface area (Å²) in [5, 5.41) is 16.0. The van der Waals surface area contributed by atoms with Crippen LogP contribution >= 0.6 is 0 Å². The fraction of sp³-hybridized carbons (Fsp3) is 0.500. The van der Waals surface area contributed by atoms with Gasteiger partial charge in [0.05, 0.1) is 5.84 Å². The maximum Gasteiger partial charge on any atom is 0.185 e. The molecule has 5 heteroatoms. The lowest BCUT2D eigenvalue weighted by molar-refractivity contribution is 0.888. The van der Waals surface area contributed by atoms with E-state index in [4.69, 9.17) is 22.3 Å². The minimum absolute atomic E-state index is 0.0868. The average Bonchev–Trinajstić information content (AvgIpc) is 1.63. The van der Waals surface area contributed by atoms with Crippen molar-refractivity contribution in [1.29, 1.82) is 10.8 Å². The lowest BCUT2D eigenvalue weighted by Gasteiger charge is -2.00. The van der Waals surface area contributed by atoms with E-state index in [1.165, 1.54) is 0 Å². The van der Waals surface area contributed by atoms with Crippen LogP contribution in [0.1, 0.15) is 6.42 Å². The van der Waals surface area contributed by atoms with Gasteiger partial charge in [0.2, 0.25) is 0 Å². The highest BCUT2D eigenvalue weighted by atomic mass is 15.0. The highest BCUT2D eigenvalue weighted by Crippen LogP contribution is 1.70. The summed E-state index contributed by atoms with van der Waals surface area (Å²) in [4.78, 5) is 0. The van der Waals surface area contributed by atoms with Crippen molar-refractivity contribution in [2.75, 3.05) is 6.54 Å². The molecule has 0 radical (unpaired) electrons. The molecule has 0 heterocycles. The Morgan fingerprint density at radius 1 is 1.33 bits per heavy atom. The van der Waals surface area contributed by atoms with E-state index in [1.54, 1.807) is 0 Å². The first-order chi connectivity index (χ1) is 4.13. The molecule has 0 spiro atoms. The third-order valence-corrected chi connectivity index (χ3v) is 0.710. The van der Waals surface area contributed by atoms with E-state index < -0.39 is 0 Å². The number of hydrogen-bond donors (Lipinski definition) is 5. The molecule has 0 bridgehead atoms. The summed E-state index contributed by atoms with van der Waals surface area (Å²) in [7, 11) is 0. The first kappa shape index (κ1) is 7.74. The Bertz CT molecular complexity index is 104. The van der Waals surface area contributed by atoms with Crippen molar-refractivity contribution in [2.24, 2.45) is 11.5 Å². The maximum atomic E-state index is 6.77. The van der Waals surface area contributed by atoms with E-state index in [-0.39, 0.29) is 11.8 Å². The third-order valence-electron chi connectivity index (χ3n) is 0.710. The number of hydrogen-bond acceptors (Lipinski definition) is 2. The van der Waals surface area contributed by atoms with Crippen molar-refractivity contribution in [3.05, 3.63) is 0 Å². The summed E-state index contributed by atoms with van der Waals surface area (Å²) in [6.45, 7) is 0.463. The quantitative estimate of drug-likeness (QED) is 0.243. The molecule has 0 aromatic rings. The zero-order chi connectivity index (χ0) is 7.28. The Kier molecular flexibility index (Phi) is 3.19. The Morgan fingerprint density at radius 2 is 1.89 bits per heavy atom. The summed E-state index contributed by atoms with van der Waals surface area (Å²) < 4.78 is 0. The van der Waals surface area contributed by atoms with Crippen molar-refractivity contribution in [3.8, 4) is 0 Å². The molecule has 0 atom stereocenters. The lowest BCUT2D eigenvalue weighted by atomic mass is 10.4. The normalized spacial score (nSPS) is 8.44. The SMILES string of the molecule is N=C(N)CCNC(=N)N. The maximum absolute atomic E-state index is 6.77. The van der Waals surface area contributed by atoms with Crippen molar-refractivity contribution in [1.82, 2.24) is 5.32 Å². The lowest BCUT2D eigenvalue weighted by Crippen LogP contribution is -2.32. The molecule has 0 aliphatic rings. The minimum atomic E-state index is -0.0868. The minimum Gasteiger partial charge on any atom is -0.388 e. The van der Waals surface area contributed by atoms with E-state index in [0.717, 1.165) is 0 Å². The van der Waals surface area contributed by atoms with Gasteiger partial charge in [-0.1, -0.05) is 0 Å². The summed E-state index contributed by atoms with van der Waals surface area (Å²) in [6, 6.07) is 0. The van der Waals surface area contributed by atoms with Crippen LogP contribution in [0, 0.1) is 10.8 Å². The molecular formula is C4H11N5. The van der Waals surface area contributed by atoms with Gasteiger partial charge in [0.25, 0.3) is 0 Å². The van der Waals surface area contributed by atoms with Gasteiger partial charge in [-0.05, 0) is 0 Å². The van der Waals surface area contributed by atoms with Gasteiger partial charge < -0.3 is 16.8 Å².